The molecular formula is C20H17F2NO3S2. The van der Waals surface area contributed by atoms with Gasteiger partial charge < -0.3 is 9.47 Å². The van der Waals surface area contributed by atoms with E-state index in [1.54, 1.807) is 17.0 Å². The molecular weight excluding hydrogens is 404 g/mol. The topological polar surface area (TPSA) is 38.8 Å². The second-order valence-electron chi connectivity index (χ2n) is 5.93. The third-order valence-corrected chi connectivity index (χ3v) is 5.52. The van der Waals surface area contributed by atoms with Crippen molar-refractivity contribution in [3.05, 3.63) is 64.6 Å². The summed E-state index contributed by atoms with van der Waals surface area (Å²) in [6.45, 7) is -1.03. The van der Waals surface area contributed by atoms with Crippen molar-refractivity contribution < 1.29 is 23.0 Å². The molecule has 4 nitrogen and oxygen atoms in total. The molecule has 0 saturated carbocycles. The van der Waals surface area contributed by atoms with Gasteiger partial charge in [0, 0.05) is 0 Å². The average molecular weight is 421 g/mol. The van der Waals surface area contributed by atoms with E-state index in [1.807, 2.05) is 37.3 Å². The van der Waals surface area contributed by atoms with Crippen molar-refractivity contribution >= 4 is 40.3 Å². The van der Waals surface area contributed by atoms with Gasteiger partial charge in [-0.15, -0.1) is 0 Å². The average Bonchev–Trinajstić information content (AvgIpc) is 2.96. The number of amides is 1. The number of thiocarbonyl (C=S) groups is 1. The number of rotatable bonds is 6. The molecule has 1 fully saturated rings. The van der Waals surface area contributed by atoms with Gasteiger partial charge in [-0.05, 0) is 36.3 Å². The Bertz CT molecular complexity index is 919. The Labute approximate surface area is 171 Å². The minimum absolute atomic E-state index is 0.0695. The zero-order valence-corrected chi connectivity index (χ0v) is 16.7. The van der Waals surface area contributed by atoms with E-state index >= 15 is 0 Å². The number of benzene rings is 2. The number of methoxy groups -OCH3 is 1. The Hall–Kier alpha value is -2.45. The van der Waals surface area contributed by atoms with Gasteiger partial charge >= 0.3 is 6.61 Å². The molecule has 0 aromatic heterocycles. The zero-order valence-electron chi connectivity index (χ0n) is 15.1. The number of halogens is 2. The van der Waals surface area contributed by atoms with E-state index in [0.717, 1.165) is 5.56 Å². The van der Waals surface area contributed by atoms with Crippen LogP contribution in [0.4, 0.5) is 8.78 Å². The third kappa shape index (κ3) is 4.34. The van der Waals surface area contributed by atoms with Crippen LogP contribution in [0.25, 0.3) is 6.08 Å². The molecule has 1 aliphatic heterocycles. The molecule has 1 atom stereocenters. The molecule has 2 aromatic carbocycles. The lowest BCUT2D eigenvalue weighted by Crippen LogP contribution is -2.30. The van der Waals surface area contributed by atoms with Crippen LogP contribution in [0.3, 0.4) is 0 Å². The molecule has 28 heavy (non-hydrogen) atoms. The molecule has 1 amide bonds. The van der Waals surface area contributed by atoms with E-state index in [0.29, 0.717) is 14.8 Å². The fourth-order valence-electron chi connectivity index (χ4n) is 2.81. The van der Waals surface area contributed by atoms with E-state index in [1.165, 1.54) is 31.0 Å². The Balaban J connectivity index is 1.85. The number of thioether (sulfide) groups is 1. The number of carbonyl (C=O) groups excluding carboxylic acids is 1. The standard InChI is InChI=1S/C20H17F2NO3S2/c1-12(14-6-4-3-5-7-14)23-18(24)17(28-20(23)27)11-13-8-9-15(26-19(21)22)16(10-13)25-2/h3-12,19H,1-2H3/b17-11+. The number of nitrogens with zero attached hydrogens (tertiary/aromatic N) is 1. The van der Waals surface area contributed by atoms with E-state index in [9.17, 15) is 13.6 Å². The second-order valence-corrected chi connectivity index (χ2v) is 7.60. The van der Waals surface area contributed by atoms with Crippen LogP contribution in [0.2, 0.25) is 0 Å². The lowest BCUT2D eigenvalue weighted by Gasteiger charge is -2.23. The first kappa shape index (κ1) is 20.3. The third-order valence-electron chi connectivity index (χ3n) is 4.19. The molecule has 1 aliphatic rings. The van der Waals surface area contributed by atoms with E-state index in [-0.39, 0.29) is 23.4 Å². The maximum atomic E-state index is 12.9. The van der Waals surface area contributed by atoms with Crippen molar-refractivity contribution in [1.29, 1.82) is 0 Å². The monoisotopic (exact) mass is 421 g/mol. The highest BCUT2D eigenvalue weighted by atomic mass is 32.2. The first-order valence-electron chi connectivity index (χ1n) is 8.35. The second kappa shape index (κ2) is 8.70. The van der Waals surface area contributed by atoms with Crippen LogP contribution in [0.1, 0.15) is 24.1 Å². The maximum Gasteiger partial charge on any atom is 0.387 e. The summed E-state index contributed by atoms with van der Waals surface area (Å²) in [6.07, 6.45) is 1.66. The number of hydrogen-bond acceptors (Lipinski definition) is 5. The van der Waals surface area contributed by atoms with Gasteiger partial charge in [-0.2, -0.15) is 8.78 Å². The smallest absolute Gasteiger partial charge is 0.387 e. The highest BCUT2D eigenvalue weighted by molar-refractivity contribution is 8.26. The molecule has 1 saturated heterocycles. The number of hydrogen-bond donors (Lipinski definition) is 0. The quantitative estimate of drug-likeness (QED) is 0.470. The highest BCUT2D eigenvalue weighted by Crippen LogP contribution is 2.39. The molecule has 146 valence electrons. The molecule has 0 N–H and O–H groups in total. The molecule has 8 heteroatoms. The summed E-state index contributed by atoms with van der Waals surface area (Å²) in [4.78, 5) is 14.9. The van der Waals surface area contributed by atoms with Crippen molar-refractivity contribution in [2.75, 3.05) is 7.11 Å². The molecule has 2 aromatic rings. The largest absolute Gasteiger partial charge is 0.493 e. The number of alkyl halides is 2. The summed E-state index contributed by atoms with van der Waals surface area (Å²) in [5, 5.41) is 0. The van der Waals surface area contributed by atoms with Crippen LogP contribution >= 0.6 is 24.0 Å². The molecule has 0 radical (unpaired) electrons. The van der Waals surface area contributed by atoms with Crippen LogP contribution in [0.15, 0.2) is 53.4 Å². The van der Waals surface area contributed by atoms with Crippen LogP contribution < -0.4 is 9.47 Å². The Kier molecular flexibility index (Phi) is 6.31. The molecule has 0 spiro atoms. The summed E-state index contributed by atoms with van der Waals surface area (Å²) in [7, 11) is 1.36. The van der Waals surface area contributed by atoms with E-state index in [4.69, 9.17) is 17.0 Å². The lowest BCUT2D eigenvalue weighted by molar-refractivity contribution is -0.123. The van der Waals surface area contributed by atoms with E-state index < -0.39 is 6.61 Å². The van der Waals surface area contributed by atoms with Crippen molar-refractivity contribution in [1.82, 2.24) is 4.90 Å². The van der Waals surface area contributed by atoms with Gasteiger partial charge in [-0.1, -0.05) is 60.4 Å². The summed E-state index contributed by atoms with van der Waals surface area (Å²) < 4.78 is 34.9. The highest BCUT2D eigenvalue weighted by Gasteiger charge is 2.35. The van der Waals surface area contributed by atoms with Gasteiger partial charge in [0.25, 0.3) is 5.91 Å². The Morgan fingerprint density at radius 1 is 1.14 bits per heavy atom. The van der Waals surface area contributed by atoms with Crippen molar-refractivity contribution in [2.45, 2.75) is 19.6 Å². The summed E-state index contributed by atoms with van der Waals surface area (Å²) in [6, 6.07) is 13.9. The van der Waals surface area contributed by atoms with Gasteiger partial charge in [-0.25, -0.2) is 0 Å². The van der Waals surface area contributed by atoms with Crippen LogP contribution in [-0.2, 0) is 4.79 Å². The molecule has 1 unspecified atom stereocenters. The fourth-order valence-corrected chi connectivity index (χ4v) is 4.23. The molecule has 0 aliphatic carbocycles. The van der Waals surface area contributed by atoms with Crippen LogP contribution in [0, 0.1) is 0 Å². The number of ether oxygens (including phenoxy) is 2. The zero-order chi connectivity index (χ0) is 20.3. The summed E-state index contributed by atoms with van der Waals surface area (Å²) >= 11 is 6.61. The van der Waals surface area contributed by atoms with Crippen molar-refractivity contribution in [3.63, 3.8) is 0 Å². The predicted molar refractivity (Wildman–Crippen MR) is 109 cm³/mol. The predicted octanol–water partition coefficient (Wildman–Crippen LogP) is 5.26. The molecule has 0 bridgehead atoms. The van der Waals surface area contributed by atoms with E-state index in [2.05, 4.69) is 4.74 Å². The minimum Gasteiger partial charge on any atom is -0.493 e. The normalized spacial score (nSPS) is 16.8. The number of carbonyl (C=O) groups is 1. The van der Waals surface area contributed by atoms with Gasteiger partial charge in [0.1, 0.15) is 4.32 Å². The Morgan fingerprint density at radius 2 is 1.86 bits per heavy atom. The summed E-state index contributed by atoms with van der Waals surface area (Å²) in [5.74, 6) is -0.111. The van der Waals surface area contributed by atoms with Gasteiger partial charge in [0.05, 0.1) is 18.1 Å². The first-order chi connectivity index (χ1) is 13.4. The van der Waals surface area contributed by atoms with Gasteiger partial charge in [0.15, 0.2) is 11.5 Å². The SMILES string of the molecule is COc1cc(/C=C2/SC(=S)N(C(C)c3ccccc3)C2=O)ccc1OC(F)F. The lowest BCUT2D eigenvalue weighted by atomic mass is 10.1. The summed E-state index contributed by atoms with van der Waals surface area (Å²) in [5.41, 5.74) is 1.60. The molecule has 3 rings (SSSR count). The van der Waals surface area contributed by atoms with Crippen molar-refractivity contribution in [3.8, 4) is 11.5 Å². The maximum absolute atomic E-state index is 12.9. The van der Waals surface area contributed by atoms with Gasteiger partial charge in [0.2, 0.25) is 0 Å². The van der Waals surface area contributed by atoms with Crippen molar-refractivity contribution in [2.24, 2.45) is 0 Å². The Morgan fingerprint density at radius 3 is 2.50 bits per heavy atom. The minimum atomic E-state index is -2.95. The van der Waals surface area contributed by atoms with Crippen LogP contribution in [0.5, 0.6) is 11.5 Å². The van der Waals surface area contributed by atoms with Gasteiger partial charge in [-0.3, -0.25) is 9.69 Å². The fraction of sp³-hybridized carbons (Fsp3) is 0.200. The van der Waals surface area contributed by atoms with Crippen LogP contribution in [-0.4, -0.2) is 28.8 Å². The first-order valence-corrected chi connectivity index (χ1v) is 9.58. The molecule has 1 heterocycles.